The minimum Gasteiger partial charge on any atom is -0.497 e. The largest absolute Gasteiger partial charge is 0.497 e. The molecule has 132 valence electrons. The van der Waals surface area contributed by atoms with Crippen molar-refractivity contribution in [1.82, 2.24) is 5.32 Å². The van der Waals surface area contributed by atoms with Crippen molar-refractivity contribution in [2.24, 2.45) is 5.92 Å². The van der Waals surface area contributed by atoms with Crippen LogP contribution in [0.25, 0.3) is 0 Å². The summed E-state index contributed by atoms with van der Waals surface area (Å²) in [5, 5.41) is 2.94. The van der Waals surface area contributed by atoms with Crippen LogP contribution >= 0.6 is 0 Å². The highest BCUT2D eigenvalue weighted by Crippen LogP contribution is 2.26. The molecule has 1 heterocycles. The number of hydrogen-bond donors (Lipinski definition) is 1. The van der Waals surface area contributed by atoms with Crippen LogP contribution in [-0.4, -0.2) is 32.7 Å². The molecule has 0 bridgehead atoms. The standard InChI is InChI=1S/C20H23FN2O2/c1-25-18-7-4-6-17(12-18)23-10-9-15(14-23)13-22-20(24)11-16-5-2-3-8-19(16)21/h2-8,12,15H,9-11,13-14H2,1H3,(H,22,24)/t15-/m1/s1. The van der Waals surface area contributed by atoms with Gasteiger partial charge in [0, 0.05) is 31.4 Å². The maximum Gasteiger partial charge on any atom is 0.224 e. The molecule has 2 aromatic rings. The lowest BCUT2D eigenvalue weighted by Crippen LogP contribution is -2.32. The van der Waals surface area contributed by atoms with Gasteiger partial charge in [0.05, 0.1) is 13.5 Å². The molecule has 1 atom stereocenters. The van der Waals surface area contributed by atoms with E-state index in [9.17, 15) is 9.18 Å². The molecule has 0 saturated carbocycles. The van der Waals surface area contributed by atoms with Crippen LogP contribution in [0.5, 0.6) is 5.75 Å². The number of carbonyl (C=O) groups excluding carboxylic acids is 1. The summed E-state index contributed by atoms with van der Waals surface area (Å²) >= 11 is 0. The average Bonchev–Trinajstić information content (AvgIpc) is 3.11. The van der Waals surface area contributed by atoms with E-state index in [4.69, 9.17) is 4.74 Å². The van der Waals surface area contributed by atoms with Crippen LogP contribution in [-0.2, 0) is 11.2 Å². The average molecular weight is 342 g/mol. The summed E-state index contributed by atoms with van der Waals surface area (Å²) < 4.78 is 18.9. The van der Waals surface area contributed by atoms with E-state index in [1.807, 2.05) is 18.2 Å². The van der Waals surface area contributed by atoms with Crippen molar-refractivity contribution < 1.29 is 13.9 Å². The Balaban J connectivity index is 1.48. The Morgan fingerprint density at radius 1 is 1.28 bits per heavy atom. The van der Waals surface area contributed by atoms with E-state index in [2.05, 4.69) is 16.3 Å². The topological polar surface area (TPSA) is 41.6 Å². The van der Waals surface area contributed by atoms with Gasteiger partial charge in [0.15, 0.2) is 0 Å². The van der Waals surface area contributed by atoms with E-state index < -0.39 is 0 Å². The third-order valence-electron chi connectivity index (χ3n) is 4.60. The molecule has 1 N–H and O–H groups in total. The fourth-order valence-electron chi connectivity index (χ4n) is 3.18. The fraction of sp³-hybridized carbons (Fsp3) is 0.350. The van der Waals surface area contributed by atoms with Gasteiger partial charge in [-0.3, -0.25) is 4.79 Å². The minimum atomic E-state index is -0.331. The van der Waals surface area contributed by atoms with Gasteiger partial charge in [-0.2, -0.15) is 0 Å². The van der Waals surface area contributed by atoms with E-state index in [1.165, 1.54) is 6.07 Å². The molecule has 1 amide bonds. The summed E-state index contributed by atoms with van der Waals surface area (Å²) in [4.78, 5) is 14.4. The molecule has 1 aliphatic rings. The Kier molecular flexibility index (Phi) is 5.53. The Hall–Kier alpha value is -2.56. The Morgan fingerprint density at radius 3 is 2.92 bits per heavy atom. The first kappa shape index (κ1) is 17.3. The number of methoxy groups -OCH3 is 1. The number of carbonyl (C=O) groups is 1. The van der Waals surface area contributed by atoms with Gasteiger partial charge in [0.25, 0.3) is 0 Å². The van der Waals surface area contributed by atoms with Crippen molar-refractivity contribution in [2.45, 2.75) is 12.8 Å². The molecule has 1 fully saturated rings. The fourth-order valence-corrected chi connectivity index (χ4v) is 3.18. The molecule has 25 heavy (non-hydrogen) atoms. The number of nitrogens with one attached hydrogen (secondary N) is 1. The van der Waals surface area contributed by atoms with E-state index in [1.54, 1.807) is 25.3 Å². The number of hydrogen-bond acceptors (Lipinski definition) is 3. The van der Waals surface area contributed by atoms with Crippen LogP contribution < -0.4 is 15.0 Å². The SMILES string of the molecule is COc1cccc(N2CC[C@H](CNC(=O)Cc3ccccc3F)C2)c1. The molecule has 0 aromatic heterocycles. The van der Waals surface area contributed by atoms with Gasteiger partial charge in [0.2, 0.25) is 5.91 Å². The molecular formula is C20H23FN2O2. The maximum atomic E-state index is 13.6. The number of rotatable bonds is 6. The van der Waals surface area contributed by atoms with Crippen LogP contribution in [0.15, 0.2) is 48.5 Å². The smallest absolute Gasteiger partial charge is 0.224 e. The summed E-state index contributed by atoms with van der Waals surface area (Å²) in [6, 6.07) is 14.4. The number of ether oxygens (including phenoxy) is 1. The Labute approximate surface area is 147 Å². The third-order valence-corrected chi connectivity index (χ3v) is 4.60. The number of benzene rings is 2. The second-order valence-corrected chi connectivity index (χ2v) is 6.37. The molecule has 5 heteroatoms. The van der Waals surface area contributed by atoms with Crippen LogP contribution in [0.3, 0.4) is 0 Å². The highest BCUT2D eigenvalue weighted by molar-refractivity contribution is 5.78. The van der Waals surface area contributed by atoms with Gasteiger partial charge < -0.3 is 15.0 Å². The zero-order valence-electron chi connectivity index (χ0n) is 14.4. The molecule has 4 nitrogen and oxygen atoms in total. The van der Waals surface area contributed by atoms with E-state index in [-0.39, 0.29) is 18.1 Å². The van der Waals surface area contributed by atoms with Crippen LogP contribution in [0.4, 0.5) is 10.1 Å². The number of nitrogens with zero attached hydrogens (tertiary/aromatic N) is 1. The third kappa shape index (κ3) is 4.50. The Morgan fingerprint density at radius 2 is 2.12 bits per heavy atom. The summed E-state index contributed by atoms with van der Waals surface area (Å²) in [6.07, 6.45) is 1.11. The van der Waals surface area contributed by atoms with Gasteiger partial charge in [-0.05, 0) is 36.1 Å². The molecule has 0 spiro atoms. The van der Waals surface area contributed by atoms with E-state index in [0.717, 1.165) is 30.9 Å². The second-order valence-electron chi connectivity index (χ2n) is 6.37. The van der Waals surface area contributed by atoms with Gasteiger partial charge in [-0.15, -0.1) is 0 Å². The summed E-state index contributed by atoms with van der Waals surface area (Å²) in [5.74, 6) is 0.780. The molecule has 2 aromatic carbocycles. The van der Waals surface area contributed by atoms with Crippen molar-refractivity contribution in [3.8, 4) is 5.75 Å². The first-order valence-electron chi connectivity index (χ1n) is 8.55. The van der Waals surface area contributed by atoms with Crippen LogP contribution in [0.1, 0.15) is 12.0 Å². The number of halogens is 1. The zero-order chi connectivity index (χ0) is 17.6. The van der Waals surface area contributed by atoms with Crippen molar-refractivity contribution in [3.63, 3.8) is 0 Å². The number of amides is 1. The van der Waals surface area contributed by atoms with Crippen LogP contribution in [0, 0.1) is 11.7 Å². The molecule has 3 rings (SSSR count). The lowest BCUT2D eigenvalue weighted by atomic mass is 10.1. The molecule has 0 aliphatic carbocycles. The number of anilines is 1. The molecule has 1 saturated heterocycles. The normalized spacial score (nSPS) is 16.7. The van der Waals surface area contributed by atoms with Gasteiger partial charge in [0.1, 0.15) is 11.6 Å². The van der Waals surface area contributed by atoms with Gasteiger partial charge >= 0.3 is 0 Å². The quantitative estimate of drug-likeness (QED) is 0.877. The first-order valence-corrected chi connectivity index (χ1v) is 8.55. The summed E-state index contributed by atoms with van der Waals surface area (Å²) in [5.41, 5.74) is 1.57. The van der Waals surface area contributed by atoms with Crippen molar-refractivity contribution in [2.75, 3.05) is 31.6 Å². The van der Waals surface area contributed by atoms with E-state index in [0.29, 0.717) is 18.0 Å². The monoisotopic (exact) mass is 342 g/mol. The predicted molar refractivity (Wildman–Crippen MR) is 96.4 cm³/mol. The second kappa shape index (κ2) is 8.01. The molecular weight excluding hydrogens is 319 g/mol. The zero-order valence-corrected chi connectivity index (χ0v) is 14.4. The van der Waals surface area contributed by atoms with Gasteiger partial charge in [-0.25, -0.2) is 4.39 Å². The summed E-state index contributed by atoms with van der Waals surface area (Å²) in [6.45, 7) is 2.47. The molecule has 1 aliphatic heterocycles. The maximum absolute atomic E-state index is 13.6. The van der Waals surface area contributed by atoms with E-state index >= 15 is 0 Å². The summed E-state index contributed by atoms with van der Waals surface area (Å²) in [7, 11) is 1.66. The highest BCUT2D eigenvalue weighted by atomic mass is 19.1. The highest BCUT2D eigenvalue weighted by Gasteiger charge is 2.23. The minimum absolute atomic E-state index is 0.0823. The van der Waals surface area contributed by atoms with Crippen molar-refractivity contribution in [1.29, 1.82) is 0 Å². The molecule has 0 unspecified atom stereocenters. The predicted octanol–water partition coefficient (Wildman–Crippen LogP) is 3.02. The molecule has 0 radical (unpaired) electrons. The lowest BCUT2D eigenvalue weighted by molar-refractivity contribution is -0.120. The van der Waals surface area contributed by atoms with Gasteiger partial charge in [-0.1, -0.05) is 24.3 Å². The first-order chi connectivity index (χ1) is 12.2. The van der Waals surface area contributed by atoms with Crippen LogP contribution in [0.2, 0.25) is 0 Å². The Bertz CT molecular complexity index is 735. The lowest BCUT2D eigenvalue weighted by Gasteiger charge is -2.19. The van der Waals surface area contributed by atoms with Crippen molar-refractivity contribution >= 4 is 11.6 Å². The van der Waals surface area contributed by atoms with Crippen molar-refractivity contribution in [3.05, 3.63) is 59.9 Å².